The van der Waals surface area contributed by atoms with Crippen LogP contribution in [0.1, 0.15) is 28.0 Å². The average molecular weight is 421 g/mol. The predicted molar refractivity (Wildman–Crippen MR) is 98.1 cm³/mol. The highest BCUT2D eigenvalue weighted by molar-refractivity contribution is 6.02. The van der Waals surface area contributed by atoms with Crippen molar-refractivity contribution in [3.63, 3.8) is 0 Å². The van der Waals surface area contributed by atoms with Crippen molar-refractivity contribution >= 4 is 17.6 Å². The molecule has 11 heteroatoms. The Morgan fingerprint density at radius 3 is 2.77 bits per heavy atom. The van der Waals surface area contributed by atoms with E-state index in [4.69, 9.17) is 15.7 Å². The number of anilines is 1. The number of nitriles is 1. The van der Waals surface area contributed by atoms with Crippen LogP contribution >= 0.6 is 0 Å². The van der Waals surface area contributed by atoms with Crippen molar-refractivity contribution in [2.75, 3.05) is 12.0 Å². The van der Waals surface area contributed by atoms with Crippen molar-refractivity contribution in [3.05, 3.63) is 59.2 Å². The summed E-state index contributed by atoms with van der Waals surface area (Å²) in [5.41, 5.74) is 2.57. The summed E-state index contributed by atoms with van der Waals surface area (Å²) >= 11 is 0. The molecule has 3 rings (SSSR count). The summed E-state index contributed by atoms with van der Waals surface area (Å²) in [5, 5.41) is 11.2. The van der Waals surface area contributed by atoms with Crippen molar-refractivity contribution in [1.82, 2.24) is 4.98 Å². The smallest absolute Gasteiger partial charge is 0.283 e. The van der Waals surface area contributed by atoms with Crippen LogP contribution < -0.4 is 11.1 Å². The number of carbonyl (C=O) groups excluding carboxylic acids is 1. The number of alkyl halides is 3. The van der Waals surface area contributed by atoms with Gasteiger partial charge in [0.1, 0.15) is 30.4 Å². The number of nitrogens with one attached hydrogen (secondary N) is 1. The van der Waals surface area contributed by atoms with E-state index in [1.807, 2.05) is 6.07 Å². The molecule has 1 aromatic carbocycles. The second kappa shape index (κ2) is 8.36. The maximum Gasteiger partial charge on any atom is 0.283 e. The molecule has 2 atom stereocenters. The molecule has 0 saturated heterocycles. The first-order chi connectivity index (χ1) is 14.3. The van der Waals surface area contributed by atoms with Crippen LogP contribution in [-0.4, -0.2) is 36.1 Å². The molecule has 0 aliphatic carbocycles. The third-order valence-electron chi connectivity index (χ3n) is 4.48. The molecule has 3 N–H and O–H groups in total. The molecular formula is C19H15F4N5O2. The highest BCUT2D eigenvalue weighted by Gasteiger charge is 2.49. The van der Waals surface area contributed by atoms with E-state index in [9.17, 15) is 22.4 Å². The molecule has 7 nitrogen and oxygen atoms in total. The Balaban J connectivity index is 1.96. The lowest BCUT2D eigenvalue weighted by molar-refractivity contribution is -0.00510. The number of hydrogen-bond acceptors (Lipinski definition) is 6. The number of rotatable bonds is 5. The van der Waals surface area contributed by atoms with E-state index in [0.717, 1.165) is 12.1 Å². The van der Waals surface area contributed by atoms with Crippen LogP contribution in [0.4, 0.5) is 23.2 Å². The first-order valence-corrected chi connectivity index (χ1v) is 8.62. The third kappa shape index (κ3) is 4.03. The minimum Gasteiger partial charge on any atom is -0.459 e. The number of aliphatic imine (C=N–C) groups is 1. The summed E-state index contributed by atoms with van der Waals surface area (Å²) in [7, 11) is 0. The van der Waals surface area contributed by atoms with Crippen molar-refractivity contribution in [1.29, 1.82) is 5.26 Å². The summed E-state index contributed by atoms with van der Waals surface area (Å²) in [5.74, 6) is -1.74. The molecule has 0 bridgehead atoms. The van der Waals surface area contributed by atoms with Crippen molar-refractivity contribution in [2.24, 2.45) is 10.7 Å². The van der Waals surface area contributed by atoms with E-state index in [-0.39, 0.29) is 16.9 Å². The van der Waals surface area contributed by atoms with E-state index in [1.165, 1.54) is 24.4 Å². The number of benzene rings is 1. The van der Waals surface area contributed by atoms with Crippen molar-refractivity contribution in [2.45, 2.75) is 24.5 Å². The van der Waals surface area contributed by atoms with E-state index in [1.54, 1.807) is 0 Å². The number of hydrogen-bond donors (Lipinski definition) is 2. The van der Waals surface area contributed by atoms with E-state index in [2.05, 4.69) is 15.3 Å². The molecule has 1 aliphatic rings. The SMILES string of the molecule is N#Cc1ccc(C(=O)Nc2ccc(F)c([C@]3(C(F)F)C[C@@H](CF)OC(N)=N3)c2)nc1. The van der Waals surface area contributed by atoms with Gasteiger partial charge in [0.2, 0.25) is 0 Å². The van der Waals surface area contributed by atoms with Crippen LogP contribution in [0.25, 0.3) is 0 Å². The number of nitrogens with two attached hydrogens (primary N) is 1. The molecule has 156 valence electrons. The Morgan fingerprint density at radius 2 is 2.17 bits per heavy atom. The number of halogens is 4. The maximum atomic E-state index is 14.5. The largest absolute Gasteiger partial charge is 0.459 e. The van der Waals surface area contributed by atoms with Crippen molar-refractivity contribution < 1.29 is 27.1 Å². The zero-order valence-corrected chi connectivity index (χ0v) is 15.3. The van der Waals surface area contributed by atoms with Gasteiger partial charge in [-0.1, -0.05) is 0 Å². The molecule has 0 saturated carbocycles. The van der Waals surface area contributed by atoms with E-state index >= 15 is 0 Å². The zero-order chi connectivity index (χ0) is 21.9. The molecule has 1 aliphatic heterocycles. The van der Waals surface area contributed by atoms with E-state index in [0.29, 0.717) is 0 Å². The molecule has 2 heterocycles. The highest BCUT2D eigenvalue weighted by atomic mass is 19.3. The fourth-order valence-electron chi connectivity index (χ4n) is 3.06. The summed E-state index contributed by atoms with van der Waals surface area (Å²) in [4.78, 5) is 19.8. The summed E-state index contributed by atoms with van der Waals surface area (Å²) in [6.07, 6.45) is -4.01. The molecule has 2 aromatic rings. The van der Waals surface area contributed by atoms with Gasteiger partial charge in [0, 0.05) is 23.9 Å². The van der Waals surface area contributed by atoms with Gasteiger partial charge in [-0.05, 0) is 30.3 Å². The Labute approximate surface area is 168 Å². The van der Waals surface area contributed by atoms with Gasteiger partial charge in [-0.2, -0.15) is 5.26 Å². The summed E-state index contributed by atoms with van der Waals surface area (Å²) in [6.45, 7) is -1.12. The van der Waals surface area contributed by atoms with Gasteiger partial charge >= 0.3 is 0 Å². The summed E-state index contributed by atoms with van der Waals surface area (Å²) in [6, 6.07) is 6.88. The minimum absolute atomic E-state index is 0.0142. The van der Waals surface area contributed by atoms with Crippen LogP contribution in [-0.2, 0) is 10.3 Å². The van der Waals surface area contributed by atoms with Crippen LogP contribution in [0.3, 0.4) is 0 Å². The number of amidine groups is 1. The topological polar surface area (TPSA) is 113 Å². The lowest BCUT2D eigenvalue weighted by atomic mass is 9.84. The van der Waals surface area contributed by atoms with Gasteiger partial charge in [-0.25, -0.2) is 27.5 Å². The molecular weight excluding hydrogens is 406 g/mol. The quantitative estimate of drug-likeness (QED) is 0.721. The van der Waals surface area contributed by atoms with Gasteiger partial charge in [-0.3, -0.25) is 4.79 Å². The Bertz CT molecular complexity index is 1020. The first kappa shape index (κ1) is 21.0. The molecule has 1 amide bonds. The molecule has 0 unspecified atom stereocenters. The zero-order valence-electron chi connectivity index (χ0n) is 15.3. The van der Waals surface area contributed by atoms with Gasteiger partial charge in [0.05, 0.1) is 5.56 Å². The maximum absolute atomic E-state index is 14.5. The standard InChI is InChI=1S/C19H15F4N5O2/c20-7-12-6-19(17(22)23,28-18(25)30-12)13-5-11(2-3-14(13)21)27-16(29)15-4-1-10(8-24)9-26-15/h1-5,9,12,17H,6-7H2,(H2,25,28)(H,27,29)/t12-,19-/m0/s1. The van der Waals surface area contributed by atoms with Crippen LogP contribution in [0, 0.1) is 17.1 Å². The van der Waals surface area contributed by atoms with Gasteiger partial charge in [-0.15, -0.1) is 0 Å². The number of pyridine rings is 1. The lowest BCUT2D eigenvalue weighted by Crippen LogP contribution is -2.46. The molecule has 0 radical (unpaired) electrons. The first-order valence-electron chi connectivity index (χ1n) is 8.62. The normalized spacial score (nSPS) is 20.8. The Kier molecular flexibility index (Phi) is 5.86. The van der Waals surface area contributed by atoms with Gasteiger partial charge in [0.15, 0.2) is 5.54 Å². The molecule has 0 spiro atoms. The Morgan fingerprint density at radius 1 is 1.40 bits per heavy atom. The molecule has 30 heavy (non-hydrogen) atoms. The molecule has 1 aromatic heterocycles. The fraction of sp³-hybridized carbons (Fsp3) is 0.263. The monoisotopic (exact) mass is 421 g/mol. The number of carbonyl (C=O) groups is 1. The minimum atomic E-state index is -3.23. The van der Waals surface area contributed by atoms with E-state index < -0.39 is 54.5 Å². The van der Waals surface area contributed by atoms with Crippen LogP contribution in [0.15, 0.2) is 41.5 Å². The van der Waals surface area contributed by atoms with Crippen LogP contribution in [0.2, 0.25) is 0 Å². The number of amides is 1. The predicted octanol–water partition coefficient (Wildman–Crippen LogP) is 2.88. The highest BCUT2D eigenvalue weighted by Crippen LogP contribution is 2.42. The second-order valence-corrected chi connectivity index (χ2v) is 6.47. The third-order valence-corrected chi connectivity index (χ3v) is 4.48. The Hall–Kier alpha value is -3.68. The lowest BCUT2D eigenvalue weighted by Gasteiger charge is -2.36. The van der Waals surface area contributed by atoms with Gasteiger partial charge in [0.25, 0.3) is 18.4 Å². The number of aromatic nitrogens is 1. The van der Waals surface area contributed by atoms with Gasteiger partial charge < -0.3 is 15.8 Å². The van der Waals surface area contributed by atoms with Crippen LogP contribution in [0.5, 0.6) is 0 Å². The van der Waals surface area contributed by atoms with Crippen molar-refractivity contribution in [3.8, 4) is 6.07 Å². The number of ether oxygens (including phenoxy) is 1. The second-order valence-electron chi connectivity index (χ2n) is 6.47. The average Bonchev–Trinajstić information content (AvgIpc) is 2.74. The number of nitrogens with zero attached hydrogens (tertiary/aromatic N) is 3. The summed E-state index contributed by atoms with van der Waals surface area (Å²) < 4.78 is 60.6. The fourth-order valence-corrected chi connectivity index (χ4v) is 3.06. The molecule has 0 fully saturated rings.